The summed E-state index contributed by atoms with van der Waals surface area (Å²) in [6.07, 6.45) is 1.20. The Labute approximate surface area is 194 Å². The van der Waals surface area contributed by atoms with Crippen LogP contribution in [0.5, 0.6) is 11.5 Å². The van der Waals surface area contributed by atoms with Crippen LogP contribution in [-0.2, 0) is 13.2 Å². The Hall–Kier alpha value is -4.35. The summed E-state index contributed by atoms with van der Waals surface area (Å²) in [6, 6.07) is 11.1. The minimum absolute atomic E-state index is 0.0375. The lowest BCUT2D eigenvalue weighted by atomic mass is 10.1. The molecule has 35 heavy (non-hydrogen) atoms. The molecule has 1 amide bonds. The number of nitrogens with zero attached hydrogens (tertiary/aromatic N) is 2. The molecule has 0 radical (unpaired) electrons. The number of amides is 1. The summed E-state index contributed by atoms with van der Waals surface area (Å²) < 4.78 is 84.8. The molecule has 0 fully saturated rings. The Bertz CT molecular complexity index is 1360. The van der Waals surface area contributed by atoms with E-state index in [-0.39, 0.29) is 18.2 Å². The number of furan rings is 1. The van der Waals surface area contributed by atoms with Crippen LogP contribution >= 0.6 is 0 Å². The number of rotatable bonds is 8. The normalized spacial score (nSPS) is 10.9. The van der Waals surface area contributed by atoms with Gasteiger partial charge in [0.15, 0.2) is 34.8 Å². The minimum atomic E-state index is -2.25. The van der Waals surface area contributed by atoms with Crippen molar-refractivity contribution in [2.45, 2.75) is 13.2 Å². The van der Waals surface area contributed by atoms with Gasteiger partial charge in [0.2, 0.25) is 5.82 Å². The van der Waals surface area contributed by atoms with Gasteiger partial charge in [-0.05, 0) is 24.3 Å². The summed E-state index contributed by atoms with van der Waals surface area (Å²) in [5, 5.41) is 6.28. The van der Waals surface area contributed by atoms with Gasteiger partial charge in [0, 0.05) is 18.3 Å². The first-order valence-electron chi connectivity index (χ1n) is 9.97. The molecular formula is C23H16F5N3O4. The van der Waals surface area contributed by atoms with Crippen molar-refractivity contribution in [3.05, 3.63) is 94.8 Å². The van der Waals surface area contributed by atoms with Crippen molar-refractivity contribution in [3.63, 3.8) is 0 Å². The molecule has 4 rings (SSSR count). The molecule has 0 atom stereocenters. The fraction of sp³-hybridized carbons (Fsp3) is 0.130. The monoisotopic (exact) mass is 493 g/mol. The summed E-state index contributed by atoms with van der Waals surface area (Å²) in [4.78, 5) is 12.4. The number of nitrogens with one attached hydrogen (secondary N) is 1. The van der Waals surface area contributed by atoms with E-state index in [9.17, 15) is 26.7 Å². The van der Waals surface area contributed by atoms with Crippen LogP contribution in [0.1, 0.15) is 21.9 Å². The number of methoxy groups -OCH3 is 1. The second kappa shape index (κ2) is 9.87. The molecule has 0 unspecified atom stereocenters. The molecule has 182 valence electrons. The summed E-state index contributed by atoms with van der Waals surface area (Å²) in [5.41, 5.74) is -1.06. The minimum Gasteiger partial charge on any atom is -0.497 e. The van der Waals surface area contributed by atoms with Gasteiger partial charge in [-0.2, -0.15) is 5.10 Å². The number of hydrogen-bond donors (Lipinski definition) is 1. The van der Waals surface area contributed by atoms with Crippen LogP contribution < -0.4 is 14.8 Å². The molecule has 2 aromatic carbocycles. The first-order valence-corrected chi connectivity index (χ1v) is 9.97. The number of ether oxygens (including phenoxy) is 2. The molecule has 1 N–H and O–H groups in total. The summed E-state index contributed by atoms with van der Waals surface area (Å²) in [6.45, 7) is -0.717. The van der Waals surface area contributed by atoms with Crippen LogP contribution in [-0.4, -0.2) is 22.8 Å². The largest absolute Gasteiger partial charge is 0.497 e. The molecule has 4 aromatic rings. The zero-order valence-corrected chi connectivity index (χ0v) is 18.0. The van der Waals surface area contributed by atoms with Crippen LogP contribution in [0.4, 0.5) is 27.8 Å². The number of aromatic nitrogens is 2. The highest BCUT2D eigenvalue weighted by atomic mass is 19.2. The van der Waals surface area contributed by atoms with E-state index in [0.717, 1.165) is 4.68 Å². The van der Waals surface area contributed by atoms with E-state index in [0.29, 0.717) is 17.3 Å². The maximum Gasteiger partial charge on any atom is 0.292 e. The molecule has 0 aliphatic carbocycles. The van der Waals surface area contributed by atoms with Crippen LogP contribution in [0.25, 0.3) is 0 Å². The van der Waals surface area contributed by atoms with Crippen molar-refractivity contribution in [2.75, 3.05) is 12.4 Å². The molecule has 0 bridgehead atoms. The van der Waals surface area contributed by atoms with Crippen LogP contribution in [0, 0.1) is 29.1 Å². The van der Waals surface area contributed by atoms with Gasteiger partial charge in [-0.15, -0.1) is 0 Å². The van der Waals surface area contributed by atoms with Gasteiger partial charge in [0.1, 0.15) is 23.9 Å². The zero-order chi connectivity index (χ0) is 25.1. The van der Waals surface area contributed by atoms with E-state index < -0.39 is 47.1 Å². The first kappa shape index (κ1) is 23.8. The number of benzene rings is 2. The molecule has 2 heterocycles. The van der Waals surface area contributed by atoms with E-state index in [1.54, 1.807) is 24.3 Å². The number of carbonyl (C=O) groups is 1. The molecule has 0 aliphatic rings. The van der Waals surface area contributed by atoms with Gasteiger partial charge in [0.25, 0.3) is 5.91 Å². The van der Waals surface area contributed by atoms with E-state index in [2.05, 4.69) is 10.4 Å². The highest BCUT2D eigenvalue weighted by Gasteiger charge is 2.26. The van der Waals surface area contributed by atoms with Crippen LogP contribution in [0.3, 0.4) is 0 Å². The van der Waals surface area contributed by atoms with E-state index in [1.807, 2.05) is 0 Å². The molecule has 7 nitrogen and oxygen atoms in total. The maximum absolute atomic E-state index is 13.9. The molecule has 0 saturated carbocycles. The quantitative estimate of drug-likeness (QED) is 0.211. The second-order valence-corrected chi connectivity index (χ2v) is 7.13. The molecule has 0 aliphatic heterocycles. The van der Waals surface area contributed by atoms with Crippen LogP contribution in [0.15, 0.2) is 53.1 Å². The van der Waals surface area contributed by atoms with E-state index >= 15 is 0 Å². The maximum atomic E-state index is 13.9. The van der Waals surface area contributed by atoms with Gasteiger partial charge in [-0.25, -0.2) is 22.0 Å². The van der Waals surface area contributed by atoms with Crippen molar-refractivity contribution in [1.82, 2.24) is 9.78 Å². The lowest BCUT2D eigenvalue weighted by Gasteiger charge is -2.08. The summed E-state index contributed by atoms with van der Waals surface area (Å²) >= 11 is 0. The number of anilines is 1. The van der Waals surface area contributed by atoms with Crippen molar-refractivity contribution in [2.24, 2.45) is 0 Å². The average molecular weight is 493 g/mol. The number of hydrogen-bond acceptors (Lipinski definition) is 5. The highest BCUT2D eigenvalue weighted by Crippen LogP contribution is 2.24. The van der Waals surface area contributed by atoms with Crippen molar-refractivity contribution in [3.8, 4) is 11.5 Å². The number of carbonyl (C=O) groups excluding carboxylic acids is 1. The Kier molecular flexibility index (Phi) is 6.71. The smallest absolute Gasteiger partial charge is 0.292 e. The first-order chi connectivity index (χ1) is 16.8. The third kappa shape index (κ3) is 5.10. The van der Waals surface area contributed by atoms with Gasteiger partial charge < -0.3 is 19.2 Å². The topological polar surface area (TPSA) is 78.5 Å². The van der Waals surface area contributed by atoms with Gasteiger partial charge in [-0.1, -0.05) is 6.07 Å². The standard InChI is InChI=1S/C23H16F5N3O4/c1-33-12-3-2-4-13(9-12)34-11-14-5-6-16(35-14)23(32)29-17-7-8-31(30-17)10-15-18(24)20(26)22(28)21(27)19(15)25/h2-9H,10-11H2,1H3,(H,29,30,32). The molecule has 0 spiro atoms. The molecule has 12 heteroatoms. The lowest BCUT2D eigenvalue weighted by Crippen LogP contribution is -2.13. The Morgan fingerprint density at radius 1 is 0.971 bits per heavy atom. The lowest BCUT2D eigenvalue weighted by molar-refractivity contribution is 0.0992. The Balaban J connectivity index is 1.39. The molecule has 0 saturated heterocycles. The van der Waals surface area contributed by atoms with E-state index in [4.69, 9.17) is 13.9 Å². The third-order valence-electron chi connectivity index (χ3n) is 4.81. The third-order valence-corrected chi connectivity index (χ3v) is 4.81. The fourth-order valence-corrected chi connectivity index (χ4v) is 3.07. The van der Waals surface area contributed by atoms with Crippen LogP contribution in [0.2, 0.25) is 0 Å². The molecule has 2 aromatic heterocycles. The average Bonchev–Trinajstić information content (AvgIpc) is 3.52. The SMILES string of the molecule is COc1cccc(OCc2ccc(C(=O)Nc3ccn(Cc4c(F)c(F)c(F)c(F)c4F)n3)o2)c1. The van der Waals surface area contributed by atoms with Gasteiger partial charge >= 0.3 is 0 Å². The fourth-order valence-electron chi connectivity index (χ4n) is 3.07. The number of halogens is 5. The van der Waals surface area contributed by atoms with Gasteiger partial charge in [-0.3, -0.25) is 9.48 Å². The van der Waals surface area contributed by atoms with Gasteiger partial charge in [0.05, 0.1) is 19.2 Å². The predicted molar refractivity (Wildman–Crippen MR) is 112 cm³/mol. The van der Waals surface area contributed by atoms with Crippen molar-refractivity contribution in [1.29, 1.82) is 0 Å². The Morgan fingerprint density at radius 3 is 2.37 bits per heavy atom. The van der Waals surface area contributed by atoms with Crippen molar-refractivity contribution < 1.29 is 40.6 Å². The predicted octanol–water partition coefficient (Wildman–Crippen LogP) is 5.06. The van der Waals surface area contributed by atoms with Crippen molar-refractivity contribution >= 4 is 11.7 Å². The second-order valence-electron chi connectivity index (χ2n) is 7.13. The zero-order valence-electron chi connectivity index (χ0n) is 18.0. The Morgan fingerprint density at radius 2 is 1.66 bits per heavy atom. The summed E-state index contributed by atoms with van der Waals surface area (Å²) in [5.74, 6) is -9.55. The molecular weight excluding hydrogens is 477 g/mol. The summed E-state index contributed by atoms with van der Waals surface area (Å²) in [7, 11) is 1.53. The highest BCUT2D eigenvalue weighted by molar-refractivity contribution is 6.01. The van der Waals surface area contributed by atoms with E-state index in [1.165, 1.54) is 31.5 Å².